The molecule has 0 radical (unpaired) electrons. The molecule has 0 saturated heterocycles. The van der Waals surface area contributed by atoms with E-state index in [0.717, 1.165) is 12.5 Å². The van der Waals surface area contributed by atoms with Crippen molar-refractivity contribution in [2.45, 2.75) is 58.4 Å². The molecular formula is C14H24N2S. The third-order valence-electron chi connectivity index (χ3n) is 3.84. The summed E-state index contributed by atoms with van der Waals surface area (Å²) >= 11 is 1.81. The number of hydrogen-bond acceptors (Lipinski definition) is 3. The molecule has 0 spiro atoms. The molecule has 1 unspecified atom stereocenters. The minimum absolute atomic E-state index is 0.538. The van der Waals surface area contributed by atoms with Gasteiger partial charge in [0.2, 0.25) is 0 Å². The van der Waals surface area contributed by atoms with Crippen molar-refractivity contribution < 1.29 is 0 Å². The molecule has 1 atom stereocenters. The normalized spacial score (nSPS) is 19.4. The summed E-state index contributed by atoms with van der Waals surface area (Å²) < 4.78 is 0. The van der Waals surface area contributed by atoms with E-state index in [1.54, 1.807) is 0 Å². The van der Waals surface area contributed by atoms with E-state index in [4.69, 9.17) is 0 Å². The number of hydrogen-bond donors (Lipinski definition) is 1. The lowest BCUT2D eigenvalue weighted by Gasteiger charge is -2.26. The molecule has 2 rings (SSSR count). The Labute approximate surface area is 109 Å². The van der Waals surface area contributed by atoms with Crippen LogP contribution in [-0.2, 0) is 0 Å². The van der Waals surface area contributed by atoms with Crippen LogP contribution in [0.1, 0.15) is 62.1 Å². The molecule has 1 saturated carbocycles. The highest BCUT2D eigenvalue weighted by atomic mass is 32.1. The molecule has 0 aromatic carbocycles. The monoisotopic (exact) mass is 252 g/mol. The Balaban J connectivity index is 1.99. The Morgan fingerprint density at radius 2 is 2.18 bits per heavy atom. The average Bonchev–Trinajstić information content (AvgIpc) is 2.76. The Kier molecular flexibility index (Phi) is 4.99. The molecule has 0 amide bonds. The second-order valence-corrected chi connectivity index (χ2v) is 6.04. The number of nitrogens with zero attached hydrogens (tertiary/aromatic N) is 1. The van der Waals surface area contributed by atoms with E-state index in [2.05, 4.69) is 24.1 Å². The number of rotatable bonds is 5. The Hall–Kier alpha value is -0.410. The average molecular weight is 252 g/mol. The van der Waals surface area contributed by atoms with E-state index in [1.165, 1.54) is 49.1 Å². The molecule has 0 aliphatic heterocycles. The maximum absolute atomic E-state index is 4.39. The molecule has 96 valence electrons. The van der Waals surface area contributed by atoms with Gasteiger partial charge in [-0.25, -0.2) is 4.98 Å². The van der Waals surface area contributed by atoms with Gasteiger partial charge >= 0.3 is 0 Å². The fraction of sp³-hybridized carbons (Fsp3) is 0.786. The van der Waals surface area contributed by atoms with Crippen LogP contribution in [0.2, 0.25) is 0 Å². The summed E-state index contributed by atoms with van der Waals surface area (Å²) in [5.41, 5.74) is 3.20. The molecule has 1 aliphatic rings. The van der Waals surface area contributed by atoms with Crippen LogP contribution < -0.4 is 5.32 Å². The lowest BCUT2D eigenvalue weighted by molar-refractivity contribution is 0.303. The van der Waals surface area contributed by atoms with Gasteiger partial charge in [0.25, 0.3) is 0 Å². The van der Waals surface area contributed by atoms with Crippen LogP contribution in [0, 0.1) is 12.8 Å². The smallest absolute Gasteiger partial charge is 0.0798 e. The van der Waals surface area contributed by atoms with Gasteiger partial charge in [-0.05, 0) is 25.8 Å². The standard InChI is InChI=1S/C14H24N2S/c1-3-15-13(14-11(2)16-10-17-14)9-12-7-5-4-6-8-12/h10,12-13,15H,3-9H2,1-2H3. The third-order valence-corrected chi connectivity index (χ3v) is 4.89. The Morgan fingerprint density at radius 1 is 1.41 bits per heavy atom. The number of nitrogens with one attached hydrogen (secondary N) is 1. The zero-order valence-electron chi connectivity index (χ0n) is 11.0. The lowest BCUT2D eigenvalue weighted by Crippen LogP contribution is -2.24. The van der Waals surface area contributed by atoms with Crippen molar-refractivity contribution in [2.24, 2.45) is 5.92 Å². The van der Waals surface area contributed by atoms with E-state index in [-0.39, 0.29) is 0 Å². The quantitative estimate of drug-likeness (QED) is 0.854. The largest absolute Gasteiger partial charge is 0.309 e. The van der Waals surface area contributed by atoms with Crippen LogP contribution in [0.4, 0.5) is 0 Å². The SMILES string of the molecule is CCNC(CC1CCCCC1)c1scnc1C. The van der Waals surface area contributed by atoms with Gasteiger partial charge in [0.05, 0.1) is 11.2 Å². The minimum atomic E-state index is 0.538. The highest BCUT2D eigenvalue weighted by Crippen LogP contribution is 2.34. The Bertz CT molecular complexity index is 329. The van der Waals surface area contributed by atoms with Crippen LogP contribution in [-0.4, -0.2) is 11.5 Å². The minimum Gasteiger partial charge on any atom is -0.309 e. The number of aromatic nitrogens is 1. The van der Waals surface area contributed by atoms with Gasteiger partial charge in [0.15, 0.2) is 0 Å². The van der Waals surface area contributed by atoms with E-state index in [0.29, 0.717) is 6.04 Å². The number of aryl methyl sites for hydroxylation is 1. The van der Waals surface area contributed by atoms with E-state index >= 15 is 0 Å². The third kappa shape index (κ3) is 3.52. The van der Waals surface area contributed by atoms with Gasteiger partial charge in [-0.3, -0.25) is 0 Å². The first-order valence-electron chi connectivity index (χ1n) is 6.94. The van der Waals surface area contributed by atoms with Gasteiger partial charge in [-0.1, -0.05) is 39.0 Å². The Morgan fingerprint density at radius 3 is 2.76 bits per heavy atom. The molecule has 1 heterocycles. The van der Waals surface area contributed by atoms with Crippen LogP contribution in [0.25, 0.3) is 0 Å². The summed E-state index contributed by atoms with van der Waals surface area (Å²) in [6.07, 6.45) is 8.48. The molecule has 1 fully saturated rings. The van der Waals surface area contributed by atoms with Gasteiger partial charge in [-0.15, -0.1) is 11.3 Å². The van der Waals surface area contributed by atoms with E-state index in [9.17, 15) is 0 Å². The summed E-state index contributed by atoms with van der Waals surface area (Å²) in [7, 11) is 0. The molecule has 2 nitrogen and oxygen atoms in total. The van der Waals surface area contributed by atoms with E-state index < -0.39 is 0 Å². The molecular weight excluding hydrogens is 228 g/mol. The number of thiazole rings is 1. The van der Waals surface area contributed by atoms with Crippen LogP contribution in [0.5, 0.6) is 0 Å². The molecule has 1 N–H and O–H groups in total. The van der Waals surface area contributed by atoms with Crippen molar-refractivity contribution in [2.75, 3.05) is 6.54 Å². The molecule has 0 bridgehead atoms. The van der Waals surface area contributed by atoms with Crippen molar-refractivity contribution in [1.82, 2.24) is 10.3 Å². The van der Waals surface area contributed by atoms with Crippen molar-refractivity contribution in [3.63, 3.8) is 0 Å². The second kappa shape index (κ2) is 6.50. The van der Waals surface area contributed by atoms with E-state index in [1.807, 2.05) is 16.8 Å². The zero-order valence-corrected chi connectivity index (χ0v) is 11.9. The fourth-order valence-electron chi connectivity index (χ4n) is 2.93. The van der Waals surface area contributed by atoms with Gasteiger partial charge in [-0.2, -0.15) is 0 Å². The van der Waals surface area contributed by atoms with Crippen LogP contribution >= 0.6 is 11.3 Å². The topological polar surface area (TPSA) is 24.9 Å². The molecule has 1 aromatic rings. The summed E-state index contributed by atoms with van der Waals surface area (Å²) in [6.45, 7) is 5.38. The first kappa shape index (κ1) is 13.0. The summed E-state index contributed by atoms with van der Waals surface area (Å²) in [5.74, 6) is 0.925. The summed E-state index contributed by atoms with van der Waals surface area (Å²) in [4.78, 5) is 5.85. The highest BCUT2D eigenvalue weighted by molar-refractivity contribution is 7.09. The molecule has 3 heteroatoms. The van der Waals surface area contributed by atoms with Gasteiger partial charge in [0, 0.05) is 10.9 Å². The fourth-order valence-corrected chi connectivity index (χ4v) is 3.82. The van der Waals surface area contributed by atoms with Crippen LogP contribution in [0.15, 0.2) is 5.51 Å². The maximum atomic E-state index is 4.39. The molecule has 1 aliphatic carbocycles. The maximum Gasteiger partial charge on any atom is 0.0798 e. The van der Waals surface area contributed by atoms with Crippen molar-refractivity contribution in [1.29, 1.82) is 0 Å². The predicted molar refractivity (Wildman–Crippen MR) is 74.5 cm³/mol. The summed E-state index contributed by atoms with van der Waals surface area (Å²) in [6, 6.07) is 0.538. The zero-order chi connectivity index (χ0) is 12.1. The van der Waals surface area contributed by atoms with Crippen molar-refractivity contribution in [3.8, 4) is 0 Å². The highest BCUT2D eigenvalue weighted by Gasteiger charge is 2.21. The van der Waals surface area contributed by atoms with Gasteiger partial charge in [0.1, 0.15) is 0 Å². The first-order valence-corrected chi connectivity index (χ1v) is 7.82. The summed E-state index contributed by atoms with van der Waals surface area (Å²) in [5, 5.41) is 3.64. The van der Waals surface area contributed by atoms with Crippen LogP contribution in [0.3, 0.4) is 0 Å². The van der Waals surface area contributed by atoms with Gasteiger partial charge < -0.3 is 5.32 Å². The lowest BCUT2D eigenvalue weighted by atomic mass is 9.84. The van der Waals surface area contributed by atoms with Crippen molar-refractivity contribution in [3.05, 3.63) is 16.1 Å². The second-order valence-electron chi connectivity index (χ2n) is 5.15. The first-order chi connectivity index (χ1) is 8.31. The van der Waals surface area contributed by atoms with Crippen molar-refractivity contribution >= 4 is 11.3 Å². The predicted octanol–water partition coefficient (Wildman–Crippen LogP) is 4.07. The molecule has 1 aromatic heterocycles. The molecule has 17 heavy (non-hydrogen) atoms.